The molecule has 134 valence electrons. The molecule has 0 radical (unpaired) electrons. The van der Waals surface area contributed by atoms with Gasteiger partial charge in [-0.2, -0.15) is 0 Å². The Balaban J connectivity index is 2.45. The van der Waals surface area contributed by atoms with E-state index >= 15 is 0 Å². The van der Waals surface area contributed by atoms with Crippen molar-refractivity contribution >= 4 is 22.4 Å². The van der Waals surface area contributed by atoms with E-state index < -0.39 is 39.5 Å². The summed E-state index contributed by atoms with van der Waals surface area (Å²) in [7, 11) is -4.24. The lowest BCUT2D eigenvalue weighted by molar-refractivity contribution is 0.00578. The predicted octanol–water partition coefficient (Wildman–Crippen LogP) is 1.84. The lowest BCUT2D eigenvalue weighted by Crippen LogP contribution is -2.41. The number of aliphatic hydroxyl groups excluding tert-OH is 1. The second-order valence-corrected chi connectivity index (χ2v) is 9.90. The third-order valence-electron chi connectivity index (χ3n) is 5.26. The third kappa shape index (κ3) is 3.27. The average Bonchev–Trinajstić information content (AvgIpc) is 2.66. The zero-order valence-corrected chi connectivity index (χ0v) is 16.3. The van der Waals surface area contributed by atoms with Crippen LogP contribution in [0.2, 0.25) is 0 Å². The summed E-state index contributed by atoms with van der Waals surface area (Å²) in [6, 6.07) is 4.92. The van der Waals surface area contributed by atoms with E-state index in [0.29, 0.717) is 5.46 Å². The van der Waals surface area contributed by atoms with Gasteiger partial charge in [-0.1, -0.05) is 11.6 Å². The van der Waals surface area contributed by atoms with Gasteiger partial charge in [0.25, 0.3) is 0 Å². The molecule has 1 aromatic carbocycles. The summed E-state index contributed by atoms with van der Waals surface area (Å²) < 4.78 is 37.4. The number of aryl methyl sites for hydroxylation is 1. The van der Waals surface area contributed by atoms with Gasteiger partial charge in [-0.25, -0.2) is 8.42 Å². The molecule has 5 nitrogen and oxygen atoms in total. The molecule has 0 bridgehead atoms. The minimum atomic E-state index is -3.63. The fourth-order valence-electron chi connectivity index (χ4n) is 2.49. The fourth-order valence-corrected chi connectivity index (χ4v) is 3.99. The molecule has 1 heterocycles. The Hall–Kier alpha value is -0.885. The molecular formula is C17H27BO5S. The monoisotopic (exact) mass is 354 g/mol. The number of sulfone groups is 1. The van der Waals surface area contributed by atoms with Crippen LogP contribution in [0.5, 0.6) is 0 Å². The number of aliphatic hydroxyl groups is 1. The van der Waals surface area contributed by atoms with Gasteiger partial charge < -0.3 is 14.4 Å². The van der Waals surface area contributed by atoms with Crippen molar-refractivity contribution in [2.45, 2.75) is 75.9 Å². The van der Waals surface area contributed by atoms with Crippen molar-refractivity contribution in [2.75, 3.05) is 0 Å². The van der Waals surface area contributed by atoms with Crippen molar-refractivity contribution in [1.82, 2.24) is 0 Å². The van der Waals surface area contributed by atoms with E-state index in [1.807, 2.05) is 34.6 Å². The number of hydrogen-bond acceptors (Lipinski definition) is 5. The lowest BCUT2D eigenvalue weighted by Gasteiger charge is -2.32. The molecule has 0 aliphatic carbocycles. The highest BCUT2D eigenvalue weighted by atomic mass is 32.2. The molecule has 7 heteroatoms. The topological polar surface area (TPSA) is 72.8 Å². The van der Waals surface area contributed by atoms with Gasteiger partial charge in [-0.05, 0) is 66.1 Å². The molecule has 2 rings (SSSR count). The van der Waals surface area contributed by atoms with E-state index in [2.05, 4.69) is 0 Å². The highest BCUT2D eigenvalue weighted by Crippen LogP contribution is 2.36. The van der Waals surface area contributed by atoms with Crippen LogP contribution in [0.15, 0.2) is 23.1 Å². The van der Waals surface area contributed by atoms with Crippen LogP contribution < -0.4 is 5.46 Å². The molecule has 1 saturated heterocycles. The van der Waals surface area contributed by atoms with Crippen molar-refractivity contribution in [3.05, 3.63) is 23.8 Å². The maximum absolute atomic E-state index is 12.7. The SMILES string of the molecule is Cc1ccc(S(=O)(=O)C(C)C(C)O)cc1B1OC(C)(C)C(C)(C)O1. The van der Waals surface area contributed by atoms with Crippen LogP contribution in [0.3, 0.4) is 0 Å². The Bertz CT molecular complexity index is 708. The summed E-state index contributed by atoms with van der Waals surface area (Å²) in [6.45, 7) is 12.7. The van der Waals surface area contributed by atoms with Crippen molar-refractivity contribution in [1.29, 1.82) is 0 Å². The normalized spacial score (nSPS) is 22.4. The van der Waals surface area contributed by atoms with Gasteiger partial charge in [-0.3, -0.25) is 0 Å². The summed E-state index contributed by atoms with van der Waals surface area (Å²) in [5.41, 5.74) is 0.613. The number of rotatable bonds is 4. The molecule has 1 aliphatic heterocycles. The lowest BCUT2D eigenvalue weighted by atomic mass is 9.76. The number of benzene rings is 1. The smallest absolute Gasteiger partial charge is 0.399 e. The second-order valence-electron chi connectivity index (χ2n) is 7.60. The molecule has 0 saturated carbocycles. The zero-order valence-electron chi connectivity index (χ0n) is 15.5. The molecular weight excluding hydrogens is 327 g/mol. The van der Waals surface area contributed by atoms with Crippen molar-refractivity contribution in [3.8, 4) is 0 Å². The van der Waals surface area contributed by atoms with Gasteiger partial charge >= 0.3 is 7.12 Å². The summed E-state index contributed by atoms with van der Waals surface area (Å²) in [5, 5.41) is 8.78. The molecule has 0 aromatic heterocycles. The molecule has 0 spiro atoms. The standard InChI is InChI=1S/C17H27BO5S/c1-11-8-9-14(24(20,21)13(3)12(2)19)10-15(11)18-22-16(4,5)17(6,7)23-18/h8-10,12-13,19H,1-7H3. The molecule has 1 aromatic rings. The molecule has 1 fully saturated rings. The van der Waals surface area contributed by atoms with Crippen LogP contribution in [0.4, 0.5) is 0 Å². The predicted molar refractivity (Wildman–Crippen MR) is 95.2 cm³/mol. The van der Waals surface area contributed by atoms with E-state index in [0.717, 1.165) is 5.56 Å². The van der Waals surface area contributed by atoms with Crippen molar-refractivity contribution < 1.29 is 22.8 Å². The minimum Gasteiger partial charge on any atom is -0.399 e. The van der Waals surface area contributed by atoms with Crippen molar-refractivity contribution in [3.63, 3.8) is 0 Å². The van der Waals surface area contributed by atoms with Crippen LogP contribution in [-0.2, 0) is 19.1 Å². The molecule has 1 N–H and O–H groups in total. The molecule has 2 unspecified atom stereocenters. The first-order valence-electron chi connectivity index (χ1n) is 8.18. The molecule has 0 amide bonds. The molecule has 2 atom stereocenters. The third-order valence-corrected chi connectivity index (χ3v) is 7.54. The molecule has 1 aliphatic rings. The van der Waals surface area contributed by atoms with Crippen LogP contribution in [0, 0.1) is 6.92 Å². The Labute approximate surface area is 145 Å². The Morgan fingerprint density at radius 2 is 1.58 bits per heavy atom. The van der Waals surface area contributed by atoms with E-state index in [9.17, 15) is 13.5 Å². The van der Waals surface area contributed by atoms with E-state index in [1.54, 1.807) is 18.2 Å². The highest BCUT2D eigenvalue weighted by Gasteiger charge is 2.52. The Kier molecular flexibility index (Phi) is 4.96. The fraction of sp³-hybridized carbons (Fsp3) is 0.647. The van der Waals surface area contributed by atoms with Gasteiger partial charge in [-0.15, -0.1) is 0 Å². The largest absolute Gasteiger partial charge is 0.495 e. The maximum Gasteiger partial charge on any atom is 0.495 e. The summed E-state index contributed by atoms with van der Waals surface area (Å²) in [6.07, 6.45) is -0.948. The van der Waals surface area contributed by atoms with E-state index in [1.165, 1.54) is 13.8 Å². The van der Waals surface area contributed by atoms with Crippen molar-refractivity contribution in [2.24, 2.45) is 0 Å². The Morgan fingerprint density at radius 1 is 1.08 bits per heavy atom. The quantitative estimate of drug-likeness (QED) is 0.836. The van der Waals surface area contributed by atoms with E-state index in [-0.39, 0.29) is 4.90 Å². The van der Waals surface area contributed by atoms with E-state index in [4.69, 9.17) is 9.31 Å². The molecule has 24 heavy (non-hydrogen) atoms. The average molecular weight is 354 g/mol. The van der Waals surface area contributed by atoms with Gasteiger partial charge in [0.1, 0.15) is 0 Å². The summed E-state index contributed by atoms with van der Waals surface area (Å²) in [4.78, 5) is 0.172. The first-order valence-corrected chi connectivity index (χ1v) is 9.72. The van der Waals surface area contributed by atoms with Crippen LogP contribution in [-0.4, -0.2) is 43.2 Å². The van der Waals surface area contributed by atoms with Gasteiger partial charge in [0.15, 0.2) is 9.84 Å². The maximum atomic E-state index is 12.7. The van der Waals surface area contributed by atoms with Gasteiger partial charge in [0.2, 0.25) is 0 Å². The highest BCUT2D eigenvalue weighted by molar-refractivity contribution is 7.92. The van der Waals surface area contributed by atoms with Gasteiger partial charge in [0, 0.05) is 0 Å². The summed E-state index contributed by atoms with van der Waals surface area (Å²) >= 11 is 0. The van der Waals surface area contributed by atoms with Crippen LogP contribution in [0.25, 0.3) is 0 Å². The zero-order chi connectivity index (χ0) is 18.5. The first kappa shape index (κ1) is 19.4. The minimum absolute atomic E-state index is 0.172. The van der Waals surface area contributed by atoms with Crippen LogP contribution >= 0.6 is 0 Å². The Morgan fingerprint density at radius 3 is 2.04 bits per heavy atom. The van der Waals surface area contributed by atoms with Crippen LogP contribution in [0.1, 0.15) is 47.1 Å². The van der Waals surface area contributed by atoms with Gasteiger partial charge in [0.05, 0.1) is 27.5 Å². The summed E-state index contributed by atoms with van der Waals surface area (Å²) in [5.74, 6) is 0. The second kappa shape index (κ2) is 6.13. The number of hydrogen-bond donors (Lipinski definition) is 1. The first-order chi connectivity index (χ1) is 10.8.